The summed E-state index contributed by atoms with van der Waals surface area (Å²) in [6, 6.07) is 0. The monoisotopic (exact) mass is 182 g/mol. The van der Waals surface area contributed by atoms with Crippen molar-refractivity contribution in [2.24, 2.45) is 11.7 Å². The second-order valence-electron chi connectivity index (χ2n) is 5.17. The third-order valence-electron chi connectivity index (χ3n) is 3.60. The van der Waals surface area contributed by atoms with Gasteiger partial charge in [-0.1, -0.05) is 12.8 Å². The average molecular weight is 182 g/mol. The minimum atomic E-state index is 0.186. The Balaban J connectivity index is 1.87. The van der Waals surface area contributed by atoms with E-state index in [9.17, 15) is 0 Å². The van der Waals surface area contributed by atoms with Gasteiger partial charge >= 0.3 is 0 Å². The van der Waals surface area contributed by atoms with E-state index in [2.05, 4.69) is 11.9 Å². The van der Waals surface area contributed by atoms with Crippen molar-refractivity contribution in [3.05, 3.63) is 0 Å². The fourth-order valence-electron chi connectivity index (χ4n) is 2.45. The molecule has 0 amide bonds. The Morgan fingerprint density at radius 2 is 2.08 bits per heavy atom. The fourth-order valence-corrected chi connectivity index (χ4v) is 2.45. The predicted molar refractivity (Wildman–Crippen MR) is 55.6 cm³/mol. The molecule has 1 unspecified atom stereocenters. The van der Waals surface area contributed by atoms with Gasteiger partial charge < -0.3 is 10.6 Å². The molecular formula is C11H22N2. The Morgan fingerprint density at radius 1 is 1.31 bits per heavy atom. The minimum absolute atomic E-state index is 0.186. The van der Waals surface area contributed by atoms with Crippen LogP contribution in [-0.4, -0.2) is 30.6 Å². The highest BCUT2D eigenvalue weighted by molar-refractivity contribution is 4.92. The zero-order valence-electron chi connectivity index (χ0n) is 8.76. The summed E-state index contributed by atoms with van der Waals surface area (Å²) in [5.74, 6) is 0.980. The van der Waals surface area contributed by atoms with Crippen LogP contribution in [0.15, 0.2) is 0 Å². The summed E-state index contributed by atoms with van der Waals surface area (Å²) >= 11 is 0. The third kappa shape index (κ3) is 2.68. The first-order chi connectivity index (χ1) is 6.18. The molecule has 1 saturated heterocycles. The molecule has 0 aromatic rings. The molecule has 1 atom stereocenters. The second-order valence-corrected chi connectivity index (χ2v) is 5.17. The number of nitrogens with zero attached hydrogens (tertiary/aromatic N) is 1. The van der Waals surface area contributed by atoms with E-state index in [0.29, 0.717) is 0 Å². The van der Waals surface area contributed by atoms with Crippen LogP contribution in [0.1, 0.15) is 38.5 Å². The highest BCUT2D eigenvalue weighted by Crippen LogP contribution is 2.39. The zero-order chi connectivity index (χ0) is 9.31. The summed E-state index contributed by atoms with van der Waals surface area (Å²) in [4.78, 5) is 2.42. The highest BCUT2D eigenvalue weighted by Gasteiger charge is 2.34. The maximum Gasteiger partial charge on any atom is 0.0169 e. The van der Waals surface area contributed by atoms with Crippen LogP contribution in [0.3, 0.4) is 0 Å². The van der Waals surface area contributed by atoms with Gasteiger partial charge in [0.2, 0.25) is 0 Å². The Labute approximate surface area is 81.5 Å². The van der Waals surface area contributed by atoms with Crippen molar-refractivity contribution in [3.8, 4) is 0 Å². The van der Waals surface area contributed by atoms with Crippen LogP contribution in [0.5, 0.6) is 0 Å². The van der Waals surface area contributed by atoms with Crippen LogP contribution >= 0.6 is 0 Å². The van der Waals surface area contributed by atoms with Gasteiger partial charge in [0, 0.05) is 5.54 Å². The van der Waals surface area contributed by atoms with Gasteiger partial charge in [0.1, 0.15) is 0 Å². The molecule has 0 bridgehead atoms. The van der Waals surface area contributed by atoms with Crippen molar-refractivity contribution < 1.29 is 0 Å². The van der Waals surface area contributed by atoms with Crippen molar-refractivity contribution in [3.63, 3.8) is 0 Å². The second kappa shape index (κ2) is 3.58. The molecule has 2 rings (SSSR count). The molecule has 1 heterocycles. The lowest BCUT2D eigenvalue weighted by molar-refractivity contribution is 0.307. The molecule has 1 saturated carbocycles. The molecule has 2 fully saturated rings. The Morgan fingerprint density at radius 3 is 2.77 bits per heavy atom. The Bertz CT molecular complexity index is 177. The van der Waals surface area contributed by atoms with Gasteiger partial charge in [0.25, 0.3) is 0 Å². The lowest BCUT2D eigenvalue weighted by Gasteiger charge is -2.28. The van der Waals surface area contributed by atoms with Crippen molar-refractivity contribution in [1.29, 1.82) is 0 Å². The largest absolute Gasteiger partial charge is 0.325 e. The van der Waals surface area contributed by atoms with Crippen LogP contribution in [-0.2, 0) is 0 Å². The van der Waals surface area contributed by atoms with E-state index >= 15 is 0 Å². The van der Waals surface area contributed by atoms with Crippen molar-refractivity contribution in [2.75, 3.05) is 20.1 Å². The summed E-state index contributed by atoms with van der Waals surface area (Å²) in [7, 11) is 2.21. The standard InChI is InChI=1S/C11H22N2/c1-13-7-2-5-11(12,6-8-13)9-10-3-4-10/h10H,2-9,12H2,1H3. The first-order valence-electron chi connectivity index (χ1n) is 5.65. The molecule has 0 radical (unpaired) electrons. The van der Waals surface area contributed by atoms with Gasteiger partial charge in [-0.25, -0.2) is 0 Å². The molecule has 1 aliphatic carbocycles. The Kier molecular flexibility index (Phi) is 2.61. The van der Waals surface area contributed by atoms with E-state index in [-0.39, 0.29) is 5.54 Å². The molecule has 0 aromatic carbocycles. The number of hydrogen-bond acceptors (Lipinski definition) is 2. The van der Waals surface area contributed by atoms with Gasteiger partial charge in [-0.3, -0.25) is 0 Å². The van der Waals surface area contributed by atoms with Gasteiger partial charge in [-0.05, 0) is 51.7 Å². The van der Waals surface area contributed by atoms with Crippen molar-refractivity contribution in [2.45, 2.75) is 44.1 Å². The molecule has 0 spiro atoms. The fraction of sp³-hybridized carbons (Fsp3) is 1.00. The van der Waals surface area contributed by atoms with E-state index < -0.39 is 0 Å². The molecule has 13 heavy (non-hydrogen) atoms. The van der Waals surface area contributed by atoms with E-state index in [1.54, 1.807) is 0 Å². The maximum absolute atomic E-state index is 6.44. The van der Waals surface area contributed by atoms with Crippen molar-refractivity contribution >= 4 is 0 Å². The summed E-state index contributed by atoms with van der Waals surface area (Å²) in [6.45, 7) is 2.44. The van der Waals surface area contributed by atoms with E-state index in [0.717, 1.165) is 5.92 Å². The smallest absolute Gasteiger partial charge is 0.0169 e. The van der Waals surface area contributed by atoms with E-state index in [1.165, 1.54) is 51.6 Å². The average Bonchev–Trinajstić information content (AvgIpc) is 2.84. The quantitative estimate of drug-likeness (QED) is 0.703. The lowest BCUT2D eigenvalue weighted by atomic mass is 9.86. The first kappa shape index (κ1) is 9.47. The molecule has 2 heteroatoms. The SMILES string of the molecule is CN1CCCC(N)(CC2CC2)CC1. The molecule has 76 valence electrons. The van der Waals surface area contributed by atoms with Crippen LogP contribution in [0, 0.1) is 5.92 Å². The summed E-state index contributed by atoms with van der Waals surface area (Å²) < 4.78 is 0. The highest BCUT2D eigenvalue weighted by atomic mass is 15.1. The molecule has 1 aliphatic heterocycles. The van der Waals surface area contributed by atoms with E-state index in [1.807, 2.05) is 0 Å². The lowest BCUT2D eigenvalue weighted by Crippen LogP contribution is -2.41. The maximum atomic E-state index is 6.44. The van der Waals surface area contributed by atoms with Gasteiger partial charge in [0.05, 0.1) is 0 Å². The number of likely N-dealkylation sites (tertiary alicyclic amines) is 1. The number of rotatable bonds is 2. The summed E-state index contributed by atoms with van der Waals surface area (Å²) in [6.07, 6.45) is 7.91. The van der Waals surface area contributed by atoms with Crippen LogP contribution in [0.25, 0.3) is 0 Å². The minimum Gasteiger partial charge on any atom is -0.325 e. The normalized spacial score (nSPS) is 37.4. The van der Waals surface area contributed by atoms with Crippen LogP contribution in [0.2, 0.25) is 0 Å². The number of hydrogen-bond donors (Lipinski definition) is 1. The van der Waals surface area contributed by atoms with Gasteiger partial charge in [-0.15, -0.1) is 0 Å². The van der Waals surface area contributed by atoms with Crippen molar-refractivity contribution in [1.82, 2.24) is 4.90 Å². The van der Waals surface area contributed by atoms with E-state index in [4.69, 9.17) is 5.73 Å². The van der Waals surface area contributed by atoms with Gasteiger partial charge in [-0.2, -0.15) is 0 Å². The van der Waals surface area contributed by atoms with Crippen LogP contribution in [0.4, 0.5) is 0 Å². The third-order valence-corrected chi connectivity index (χ3v) is 3.60. The first-order valence-corrected chi connectivity index (χ1v) is 5.65. The molecule has 2 N–H and O–H groups in total. The summed E-state index contributed by atoms with van der Waals surface area (Å²) in [5, 5.41) is 0. The van der Waals surface area contributed by atoms with Crippen LogP contribution < -0.4 is 5.73 Å². The molecule has 2 aliphatic rings. The number of nitrogens with two attached hydrogens (primary N) is 1. The molecule has 0 aromatic heterocycles. The van der Waals surface area contributed by atoms with Gasteiger partial charge in [0.15, 0.2) is 0 Å². The topological polar surface area (TPSA) is 29.3 Å². The predicted octanol–water partition coefficient (Wildman–Crippen LogP) is 1.60. The summed E-state index contributed by atoms with van der Waals surface area (Å²) in [5.41, 5.74) is 6.62. The zero-order valence-corrected chi connectivity index (χ0v) is 8.76. The molecule has 2 nitrogen and oxygen atoms in total. The Hall–Kier alpha value is -0.0800. The molecular weight excluding hydrogens is 160 g/mol.